The molecule has 1 aliphatic rings. The fraction of sp³-hybridized carbons (Fsp3) is 0.500. The second kappa shape index (κ2) is 10.9. The molecule has 0 aliphatic carbocycles. The minimum absolute atomic E-state index is 0. The van der Waals surface area contributed by atoms with Gasteiger partial charge in [0.25, 0.3) is 0 Å². The summed E-state index contributed by atoms with van der Waals surface area (Å²) in [7, 11) is 1.83. The Morgan fingerprint density at radius 1 is 1.21 bits per heavy atom. The van der Waals surface area contributed by atoms with Crippen LogP contribution in [-0.2, 0) is 6.54 Å². The molecule has 5 nitrogen and oxygen atoms in total. The minimum Gasteiger partial charge on any atom is -0.466 e. The molecule has 1 atom stereocenters. The Morgan fingerprint density at radius 2 is 1.89 bits per heavy atom. The molecule has 2 heterocycles. The van der Waals surface area contributed by atoms with E-state index >= 15 is 0 Å². The third-order valence-corrected chi connectivity index (χ3v) is 5.51. The van der Waals surface area contributed by atoms with E-state index < -0.39 is 0 Å². The van der Waals surface area contributed by atoms with Crippen molar-refractivity contribution < 1.29 is 4.42 Å². The number of guanidine groups is 1. The third kappa shape index (κ3) is 5.98. The summed E-state index contributed by atoms with van der Waals surface area (Å²) in [6, 6.07) is 13.8. The van der Waals surface area contributed by atoms with Gasteiger partial charge in [-0.1, -0.05) is 30.3 Å². The van der Waals surface area contributed by atoms with Gasteiger partial charge < -0.3 is 15.1 Å². The second-order valence-corrected chi connectivity index (χ2v) is 7.41. The lowest BCUT2D eigenvalue weighted by atomic mass is 10.0. The molecule has 1 aromatic heterocycles. The number of likely N-dealkylation sites (tertiary alicyclic amines) is 1. The first-order valence-corrected chi connectivity index (χ1v) is 9.89. The first-order chi connectivity index (χ1) is 13.1. The zero-order chi connectivity index (χ0) is 19.2. The maximum atomic E-state index is 5.60. The van der Waals surface area contributed by atoms with Gasteiger partial charge in [0.2, 0.25) is 0 Å². The lowest BCUT2D eigenvalue weighted by Crippen LogP contribution is -2.48. The number of nitrogens with one attached hydrogen (secondary N) is 2. The zero-order valence-corrected chi connectivity index (χ0v) is 19.7. The Kier molecular flexibility index (Phi) is 8.82. The molecule has 1 unspecified atom stereocenters. The van der Waals surface area contributed by atoms with Crippen LogP contribution in [0.1, 0.15) is 48.5 Å². The second-order valence-electron chi connectivity index (χ2n) is 7.41. The molecule has 2 N–H and O–H groups in total. The van der Waals surface area contributed by atoms with Crippen LogP contribution in [0.15, 0.2) is 45.8 Å². The van der Waals surface area contributed by atoms with Gasteiger partial charge in [0.15, 0.2) is 5.96 Å². The molecule has 0 radical (unpaired) electrons. The number of benzene rings is 1. The number of rotatable bonds is 5. The topological polar surface area (TPSA) is 52.8 Å². The number of piperidine rings is 1. The van der Waals surface area contributed by atoms with Crippen LogP contribution in [0.4, 0.5) is 0 Å². The van der Waals surface area contributed by atoms with E-state index in [2.05, 4.69) is 63.8 Å². The molecular formula is C22H33IN4O. The summed E-state index contributed by atoms with van der Waals surface area (Å²) in [6.07, 6.45) is 2.25. The molecule has 1 aromatic carbocycles. The van der Waals surface area contributed by atoms with Gasteiger partial charge >= 0.3 is 0 Å². The van der Waals surface area contributed by atoms with E-state index in [1.54, 1.807) is 0 Å². The van der Waals surface area contributed by atoms with Crippen LogP contribution >= 0.6 is 24.0 Å². The standard InChI is InChI=1S/C22H32N4O.HI/c1-16-14-20(18(3)27-16)15-24-22(23-4)25-21-10-12-26(13-11-21)17(2)19-8-6-5-7-9-19;/h5-9,14,17,21H,10-13,15H2,1-4H3,(H2,23,24,25);1H. The average molecular weight is 496 g/mol. The van der Waals surface area contributed by atoms with Gasteiger partial charge in [-0.15, -0.1) is 24.0 Å². The van der Waals surface area contributed by atoms with Gasteiger partial charge in [-0.05, 0) is 45.2 Å². The largest absolute Gasteiger partial charge is 0.466 e. The van der Waals surface area contributed by atoms with Gasteiger partial charge in [-0.2, -0.15) is 0 Å². The Labute approximate surface area is 186 Å². The Bertz CT molecular complexity index is 751. The number of aryl methyl sites for hydroxylation is 2. The predicted molar refractivity (Wildman–Crippen MR) is 126 cm³/mol. The zero-order valence-electron chi connectivity index (χ0n) is 17.4. The van der Waals surface area contributed by atoms with E-state index in [0.29, 0.717) is 12.1 Å². The lowest BCUT2D eigenvalue weighted by Gasteiger charge is -2.37. The molecule has 6 heteroatoms. The fourth-order valence-electron chi connectivity index (χ4n) is 3.80. The summed E-state index contributed by atoms with van der Waals surface area (Å²) in [6.45, 7) is 9.22. The molecular weight excluding hydrogens is 463 g/mol. The highest BCUT2D eigenvalue weighted by molar-refractivity contribution is 14.0. The molecule has 1 aliphatic heterocycles. The minimum atomic E-state index is 0. The first-order valence-electron chi connectivity index (χ1n) is 9.89. The van der Waals surface area contributed by atoms with Crippen LogP contribution in [0.25, 0.3) is 0 Å². The fourth-order valence-corrected chi connectivity index (χ4v) is 3.80. The summed E-state index contributed by atoms with van der Waals surface area (Å²) in [5, 5.41) is 7.00. The van der Waals surface area contributed by atoms with Gasteiger partial charge in [0.1, 0.15) is 11.5 Å². The molecule has 0 saturated carbocycles. The number of aliphatic imine (C=N–C) groups is 1. The maximum Gasteiger partial charge on any atom is 0.191 e. The van der Waals surface area contributed by atoms with Crippen molar-refractivity contribution in [3.63, 3.8) is 0 Å². The van der Waals surface area contributed by atoms with Crippen LogP contribution < -0.4 is 10.6 Å². The monoisotopic (exact) mass is 496 g/mol. The molecule has 1 saturated heterocycles. The van der Waals surface area contributed by atoms with E-state index in [1.165, 1.54) is 11.1 Å². The van der Waals surface area contributed by atoms with Crippen molar-refractivity contribution in [2.45, 2.75) is 52.2 Å². The van der Waals surface area contributed by atoms with E-state index in [4.69, 9.17) is 4.42 Å². The predicted octanol–water partition coefficient (Wildman–Crippen LogP) is 4.41. The molecule has 154 valence electrons. The van der Waals surface area contributed by atoms with Crippen molar-refractivity contribution in [3.8, 4) is 0 Å². The van der Waals surface area contributed by atoms with Gasteiger partial charge in [0, 0.05) is 44.3 Å². The van der Waals surface area contributed by atoms with Crippen molar-refractivity contribution in [2.75, 3.05) is 20.1 Å². The summed E-state index contributed by atoms with van der Waals surface area (Å²) < 4.78 is 5.60. The normalized spacial score (nSPS) is 17.1. The van der Waals surface area contributed by atoms with Crippen LogP contribution in [0, 0.1) is 13.8 Å². The molecule has 3 rings (SSSR count). The van der Waals surface area contributed by atoms with E-state index in [-0.39, 0.29) is 24.0 Å². The number of hydrogen-bond acceptors (Lipinski definition) is 3. The number of furan rings is 1. The molecule has 1 fully saturated rings. The lowest BCUT2D eigenvalue weighted by molar-refractivity contribution is 0.158. The number of nitrogens with zero attached hydrogens (tertiary/aromatic N) is 2. The van der Waals surface area contributed by atoms with Crippen molar-refractivity contribution in [1.29, 1.82) is 0 Å². The molecule has 28 heavy (non-hydrogen) atoms. The highest BCUT2D eigenvalue weighted by atomic mass is 127. The van der Waals surface area contributed by atoms with Gasteiger partial charge in [0.05, 0.1) is 0 Å². The average Bonchev–Trinajstić information content (AvgIpc) is 3.02. The number of hydrogen-bond donors (Lipinski definition) is 2. The van der Waals surface area contributed by atoms with Crippen molar-refractivity contribution in [3.05, 3.63) is 59.0 Å². The smallest absolute Gasteiger partial charge is 0.191 e. The first kappa shape index (κ1) is 22.7. The van der Waals surface area contributed by atoms with E-state index in [0.717, 1.165) is 50.0 Å². The van der Waals surface area contributed by atoms with Crippen molar-refractivity contribution in [2.24, 2.45) is 4.99 Å². The Morgan fingerprint density at radius 3 is 2.46 bits per heavy atom. The summed E-state index contributed by atoms with van der Waals surface area (Å²) in [4.78, 5) is 6.96. The molecule has 2 aromatic rings. The summed E-state index contributed by atoms with van der Waals surface area (Å²) in [5.74, 6) is 2.79. The van der Waals surface area contributed by atoms with Crippen molar-refractivity contribution in [1.82, 2.24) is 15.5 Å². The quantitative estimate of drug-likeness (QED) is 0.366. The van der Waals surface area contributed by atoms with Gasteiger partial charge in [-0.3, -0.25) is 9.89 Å². The summed E-state index contributed by atoms with van der Waals surface area (Å²) >= 11 is 0. The van der Waals surface area contributed by atoms with Crippen LogP contribution in [0.3, 0.4) is 0 Å². The molecule has 0 spiro atoms. The molecule has 0 bridgehead atoms. The van der Waals surface area contributed by atoms with E-state index in [1.807, 2.05) is 20.9 Å². The van der Waals surface area contributed by atoms with Crippen LogP contribution in [0.2, 0.25) is 0 Å². The summed E-state index contributed by atoms with van der Waals surface area (Å²) in [5.41, 5.74) is 2.58. The SMILES string of the molecule is CN=C(NCc1cc(C)oc1C)NC1CCN(C(C)c2ccccc2)CC1.I. The van der Waals surface area contributed by atoms with Crippen molar-refractivity contribution >= 4 is 29.9 Å². The molecule has 0 amide bonds. The highest BCUT2D eigenvalue weighted by Crippen LogP contribution is 2.24. The van der Waals surface area contributed by atoms with Crippen LogP contribution in [0.5, 0.6) is 0 Å². The third-order valence-electron chi connectivity index (χ3n) is 5.51. The highest BCUT2D eigenvalue weighted by Gasteiger charge is 2.24. The Hall–Kier alpha value is -1.54. The Balaban J connectivity index is 0.00000280. The number of halogens is 1. The van der Waals surface area contributed by atoms with Gasteiger partial charge in [-0.25, -0.2) is 0 Å². The maximum absolute atomic E-state index is 5.60. The van der Waals surface area contributed by atoms with E-state index in [9.17, 15) is 0 Å². The van der Waals surface area contributed by atoms with Crippen LogP contribution in [-0.4, -0.2) is 37.0 Å².